The maximum atomic E-state index is 14.0. The van der Waals surface area contributed by atoms with Crippen LogP contribution in [0.1, 0.15) is 82.1 Å². The number of ether oxygens (including phenoxy) is 5. The zero-order valence-electron chi connectivity index (χ0n) is 28.4. The Balaban J connectivity index is 1.77. The van der Waals surface area contributed by atoms with Gasteiger partial charge in [-0.2, -0.15) is 0 Å². The molecule has 3 saturated carbocycles. The highest BCUT2D eigenvalue weighted by molar-refractivity contribution is 6.05. The Morgan fingerprint density at radius 3 is 2.11 bits per heavy atom. The first kappa shape index (κ1) is 34.5. The molecule has 4 aliphatic carbocycles. The number of hydrogen-bond acceptors (Lipinski definition) is 12. The zero-order valence-corrected chi connectivity index (χ0v) is 28.4. The van der Waals surface area contributed by atoms with Crippen molar-refractivity contribution in [1.29, 1.82) is 0 Å². The predicted octanol–water partition coefficient (Wildman–Crippen LogP) is 2.45. The van der Waals surface area contributed by atoms with E-state index in [1.165, 1.54) is 19.9 Å². The molecule has 5 aliphatic rings. The van der Waals surface area contributed by atoms with Crippen LogP contribution in [0.3, 0.4) is 0 Å². The minimum absolute atomic E-state index is 0.133. The molecular weight excluding hydrogens is 600 g/mol. The van der Waals surface area contributed by atoms with Crippen LogP contribution in [-0.4, -0.2) is 87.2 Å². The van der Waals surface area contributed by atoms with Crippen molar-refractivity contribution < 1.29 is 57.9 Å². The molecule has 1 heterocycles. The molecule has 0 aromatic rings. The summed E-state index contributed by atoms with van der Waals surface area (Å²) in [5.41, 5.74) is -8.44. The van der Waals surface area contributed by atoms with Crippen molar-refractivity contribution in [3.05, 3.63) is 11.6 Å². The molecule has 12 heteroatoms. The smallest absolute Gasteiger partial charge is 0.309 e. The number of aliphatic hydroxyl groups is 2. The summed E-state index contributed by atoms with van der Waals surface area (Å²) in [7, 11) is 0. The molecule has 0 amide bonds. The van der Waals surface area contributed by atoms with Gasteiger partial charge in [0.15, 0.2) is 28.7 Å². The van der Waals surface area contributed by atoms with E-state index in [9.17, 15) is 34.2 Å². The maximum absolute atomic E-state index is 14.0. The van der Waals surface area contributed by atoms with Gasteiger partial charge in [0.1, 0.15) is 18.8 Å². The van der Waals surface area contributed by atoms with E-state index in [2.05, 4.69) is 0 Å². The molecule has 2 N–H and O–H groups in total. The lowest BCUT2D eigenvalue weighted by Crippen LogP contribution is -2.69. The largest absolute Gasteiger partial charge is 0.463 e. The van der Waals surface area contributed by atoms with E-state index in [0.29, 0.717) is 12.8 Å². The molecule has 13 atom stereocenters. The molecular formula is C34H48O12. The molecule has 12 nitrogen and oxygen atoms in total. The maximum Gasteiger partial charge on any atom is 0.309 e. The Kier molecular flexibility index (Phi) is 8.14. The molecule has 256 valence electrons. The van der Waals surface area contributed by atoms with E-state index in [0.717, 1.165) is 6.92 Å². The van der Waals surface area contributed by atoms with Crippen molar-refractivity contribution in [2.45, 2.75) is 123 Å². The number of esters is 4. The minimum Gasteiger partial charge on any atom is -0.463 e. The summed E-state index contributed by atoms with van der Waals surface area (Å²) in [6, 6.07) is 0. The van der Waals surface area contributed by atoms with Gasteiger partial charge in [-0.3, -0.25) is 24.0 Å². The second-order valence-electron chi connectivity index (χ2n) is 14.8. The topological polar surface area (TPSA) is 175 Å². The number of rotatable bonds is 9. The molecule has 4 fully saturated rings. The average molecular weight is 649 g/mol. The standard InChI is InChI=1S/C34H48O12/c1-11-15(3)27(38)44-25-18(6)32(40)21-13-17(5)24(37)33(21,41)29(43-20(8)36)31(14-42-19(7)35)26(45-31)22(32)23-30(9,10)34(23,25)46-28(39)16(4)12-2/h13,15-16,18,21-23,25-26,29,40-41H,11-12,14H2,1-10H3. The Morgan fingerprint density at radius 2 is 1.57 bits per heavy atom. The summed E-state index contributed by atoms with van der Waals surface area (Å²) in [5, 5.41) is 25.8. The van der Waals surface area contributed by atoms with Gasteiger partial charge in [0.25, 0.3) is 0 Å². The molecule has 0 spiro atoms. The zero-order chi connectivity index (χ0) is 34.5. The van der Waals surface area contributed by atoms with Crippen LogP contribution in [0.15, 0.2) is 11.6 Å². The van der Waals surface area contributed by atoms with Crippen molar-refractivity contribution >= 4 is 29.7 Å². The monoisotopic (exact) mass is 648 g/mol. The fourth-order valence-corrected chi connectivity index (χ4v) is 9.04. The van der Waals surface area contributed by atoms with Crippen LogP contribution in [0.2, 0.25) is 0 Å². The Labute approximate surface area is 269 Å². The lowest BCUT2D eigenvalue weighted by atomic mass is 9.58. The van der Waals surface area contributed by atoms with Gasteiger partial charge < -0.3 is 33.9 Å². The van der Waals surface area contributed by atoms with Crippen molar-refractivity contribution in [3.63, 3.8) is 0 Å². The van der Waals surface area contributed by atoms with Gasteiger partial charge in [-0.1, -0.05) is 54.5 Å². The van der Waals surface area contributed by atoms with Gasteiger partial charge in [0.2, 0.25) is 0 Å². The third kappa shape index (κ3) is 4.31. The first-order valence-electron chi connectivity index (χ1n) is 16.3. The van der Waals surface area contributed by atoms with Gasteiger partial charge in [0, 0.05) is 42.9 Å². The average Bonchev–Trinajstić information content (AvgIpc) is 3.81. The highest BCUT2D eigenvalue weighted by atomic mass is 16.7. The van der Waals surface area contributed by atoms with Gasteiger partial charge >= 0.3 is 23.9 Å². The van der Waals surface area contributed by atoms with E-state index < -0.39 is 118 Å². The Hall–Kier alpha value is -2.83. The van der Waals surface area contributed by atoms with Crippen molar-refractivity contribution in [2.24, 2.45) is 40.9 Å². The predicted molar refractivity (Wildman–Crippen MR) is 159 cm³/mol. The van der Waals surface area contributed by atoms with Crippen LogP contribution in [0.4, 0.5) is 0 Å². The second-order valence-corrected chi connectivity index (χ2v) is 14.8. The molecule has 5 rings (SSSR count). The number of hydrogen-bond donors (Lipinski definition) is 2. The van der Waals surface area contributed by atoms with Crippen molar-refractivity contribution in [3.8, 4) is 0 Å². The van der Waals surface area contributed by atoms with Gasteiger partial charge in [-0.25, -0.2) is 0 Å². The number of epoxide rings is 1. The fraction of sp³-hybridized carbons (Fsp3) is 0.794. The number of carbonyl (C=O) groups excluding carboxylic acids is 5. The van der Waals surface area contributed by atoms with E-state index in [-0.39, 0.29) is 5.57 Å². The normalized spacial score (nSPS) is 44.0. The number of Topliss-reactive ketones (excluding diaryl/α,β-unsaturated/α-hetero) is 1. The minimum atomic E-state index is -2.53. The lowest BCUT2D eigenvalue weighted by Gasteiger charge is -2.54. The quantitative estimate of drug-likeness (QED) is 0.213. The third-order valence-corrected chi connectivity index (χ3v) is 12.0. The lowest BCUT2D eigenvalue weighted by molar-refractivity contribution is -0.248. The summed E-state index contributed by atoms with van der Waals surface area (Å²) < 4.78 is 30.1. The Bertz CT molecular complexity index is 1390. The van der Waals surface area contributed by atoms with Crippen LogP contribution in [0.5, 0.6) is 0 Å². The van der Waals surface area contributed by atoms with E-state index in [1.54, 1.807) is 20.8 Å². The van der Waals surface area contributed by atoms with E-state index >= 15 is 0 Å². The van der Waals surface area contributed by atoms with Crippen LogP contribution in [-0.2, 0) is 47.7 Å². The molecule has 1 aliphatic heterocycles. The summed E-state index contributed by atoms with van der Waals surface area (Å²) in [5.74, 6) is -8.32. The number of fused-ring (bicyclic) bond motifs is 7. The molecule has 0 bridgehead atoms. The van der Waals surface area contributed by atoms with Gasteiger partial charge in [0.05, 0.1) is 17.4 Å². The van der Waals surface area contributed by atoms with Crippen LogP contribution >= 0.6 is 0 Å². The molecule has 46 heavy (non-hydrogen) atoms. The molecule has 13 unspecified atom stereocenters. The van der Waals surface area contributed by atoms with E-state index in [4.69, 9.17) is 23.7 Å². The number of ketones is 1. The van der Waals surface area contributed by atoms with E-state index in [1.807, 2.05) is 27.7 Å². The summed E-state index contributed by atoms with van der Waals surface area (Å²) in [6.45, 7) is 15.9. The number of carbonyl (C=O) groups is 5. The highest BCUT2D eigenvalue weighted by Gasteiger charge is 2.94. The highest BCUT2D eigenvalue weighted by Crippen LogP contribution is 2.80. The SMILES string of the molecule is CCC(C)C(=O)OC1C(C)C2(O)C(C3OC3(COC(C)=O)C(OC(C)=O)C3(O)C(=O)C(C)=CC32)C2C(C)(C)C12OC(=O)C(C)CC. The molecule has 1 saturated heterocycles. The summed E-state index contributed by atoms with van der Waals surface area (Å²) in [4.78, 5) is 65.6. The Morgan fingerprint density at radius 1 is 0.978 bits per heavy atom. The van der Waals surface area contributed by atoms with Crippen LogP contribution in [0, 0.1) is 40.9 Å². The molecule has 0 aromatic carbocycles. The van der Waals surface area contributed by atoms with Crippen LogP contribution in [0.25, 0.3) is 0 Å². The molecule has 0 radical (unpaired) electrons. The molecule has 0 aromatic heterocycles. The summed E-state index contributed by atoms with van der Waals surface area (Å²) in [6.07, 6.45) is -1.40. The summed E-state index contributed by atoms with van der Waals surface area (Å²) >= 11 is 0. The fourth-order valence-electron chi connectivity index (χ4n) is 9.04. The van der Waals surface area contributed by atoms with Crippen LogP contribution < -0.4 is 0 Å². The van der Waals surface area contributed by atoms with Gasteiger partial charge in [-0.15, -0.1) is 0 Å². The third-order valence-electron chi connectivity index (χ3n) is 12.0. The first-order chi connectivity index (χ1) is 21.2. The van der Waals surface area contributed by atoms with Crippen molar-refractivity contribution in [1.82, 2.24) is 0 Å². The van der Waals surface area contributed by atoms with Gasteiger partial charge in [-0.05, 0) is 25.3 Å². The first-order valence-corrected chi connectivity index (χ1v) is 16.3. The second kappa shape index (κ2) is 10.8. The van der Waals surface area contributed by atoms with Crippen molar-refractivity contribution in [2.75, 3.05) is 6.61 Å².